The van der Waals surface area contributed by atoms with Crippen LogP contribution in [0.15, 0.2) is 0 Å². The standard InChI is InChI=1S/9Sn.Tl. The van der Waals surface area contributed by atoms with Gasteiger partial charge in [0.05, 0.1) is 0 Å². The van der Waals surface area contributed by atoms with E-state index >= 15 is 0 Å². The van der Waals surface area contributed by atoms with Gasteiger partial charge in [-0.3, -0.25) is 0 Å². The van der Waals surface area contributed by atoms with Crippen LogP contribution in [0.5, 0.6) is 0 Å². The summed E-state index contributed by atoms with van der Waals surface area (Å²) in [5.74, 6) is 0. The summed E-state index contributed by atoms with van der Waals surface area (Å²) in [6, 6.07) is 0. The summed E-state index contributed by atoms with van der Waals surface area (Å²) in [6.45, 7) is 0. The van der Waals surface area contributed by atoms with E-state index in [9.17, 15) is 0 Å². The first-order valence-electron chi connectivity index (χ1n) is 0. The monoisotopic (exact) mass is 1280 g/mol. The Bertz CT molecular complexity index is 4.69. The van der Waals surface area contributed by atoms with Crippen molar-refractivity contribution in [2.24, 2.45) is 0 Å². The molecule has 39 valence electrons. The zero-order chi connectivity index (χ0) is 0. The minimum Gasteiger partial charge on any atom is 0 e. The minimum atomic E-state index is 0. The predicted molar refractivity (Wildman–Crippen MR) is 57.5 cm³/mol. The van der Waals surface area contributed by atoms with E-state index in [-0.39, 0.29) is 242 Å². The van der Waals surface area contributed by atoms with Crippen molar-refractivity contribution in [1.29, 1.82) is 0 Å². The second kappa shape index (κ2) is 67.5. The van der Waals surface area contributed by atoms with Gasteiger partial charge in [0.25, 0.3) is 0 Å². The van der Waals surface area contributed by atoms with E-state index < -0.39 is 0 Å². The SMILES string of the molecule is [Sn].[Sn].[Sn].[Sn].[Sn].[Sn].[Sn].[Sn].[Sn].[Tl]. The topological polar surface area (TPSA) is 0 Å². The molecule has 0 saturated heterocycles. The van der Waals surface area contributed by atoms with Crippen molar-refractivity contribution in [3.05, 3.63) is 0 Å². The van der Waals surface area contributed by atoms with E-state index in [0.29, 0.717) is 0 Å². The molecule has 0 bridgehead atoms. The van der Waals surface area contributed by atoms with Crippen molar-refractivity contribution in [2.45, 2.75) is 0 Å². The molecule has 37 radical (unpaired) electrons. The second-order valence-corrected chi connectivity index (χ2v) is 0. The van der Waals surface area contributed by atoms with Crippen molar-refractivity contribution in [1.82, 2.24) is 0 Å². The number of hydrogen-bond donors (Lipinski definition) is 0. The van der Waals surface area contributed by atoms with Crippen LogP contribution in [0.3, 0.4) is 0 Å². The van der Waals surface area contributed by atoms with Crippen LogP contribution in [0, 0.1) is 0 Å². The van der Waals surface area contributed by atoms with Crippen LogP contribution in [0.25, 0.3) is 0 Å². The molecule has 0 spiro atoms. The van der Waals surface area contributed by atoms with Gasteiger partial charge >= 0.3 is 0 Å². The van der Waals surface area contributed by atoms with Gasteiger partial charge in [-0.05, 0) is 0 Å². The van der Waals surface area contributed by atoms with Gasteiger partial charge < -0.3 is 0 Å². The van der Waals surface area contributed by atoms with E-state index in [1.165, 1.54) is 0 Å². The zero-order valence-electron chi connectivity index (χ0n) is 5.08. The van der Waals surface area contributed by atoms with Gasteiger partial charge in [-0.15, -0.1) is 0 Å². The molecular weight excluding hydrogens is 1270 g/mol. The fourth-order valence-electron chi connectivity index (χ4n) is 0. The van der Waals surface area contributed by atoms with Crippen molar-refractivity contribution >= 4 is 242 Å². The van der Waals surface area contributed by atoms with Crippen LogP contribution in [-0.2, 0) is 0 Å². The van der Waals surface area contributed by atoms with Crippen molar-refractivity contribution in [2.75, 3.05) is 0 Å². The van der Waals surface area contributed by atoms with E-state index in [0.717, 1.165) is 0 Å². The Morgan fingerprint density at radius 1 is 0.200 bits per heavy atom. The fourth-order valence-corrected chi connectivity index (χ4v) is 0. The Kier molecular flexibility index (Phi) is 544. The zero-order valence-corrected chi connectivity index (χ0v) is 35.3. The summed E-state index contributed by atoms with van der Waals surface area (Å²) < 4.78 is 0. The van der Waals surface area contributed by atoms with Crippen LogP contribution < -0.4 is 0 Å². The van der Waals surface area contributed by atoms with Crippen molar-refractivity contribution < 1.29 is 0 Å². The summed E-state index contributed by atoms with van der Waals surface area (Å²) in [4.78, 5) is 0. The van der Waals surface area contributed by atoms with Crippen molar-refractivity contribution in [3.8, 4) is 0 Å². The molecule has 0 unspecified atom stereocenters. The third-order valence-corrected chi connectivity index (χ3v) is 0. The van der Waals surface area contributed by atoms with Crippen LogP contribution in [-0.4, -0.2) is 242 Å². The van der Waals surface area contributed by atoms with Gasteiger partial charge in [-0.25, -0.2) is 0 Å². The van der Waals surface area contributed by atoms with Crippen LogP contribution in [0.4, 0.5) is 0 Å². The molecule has 10 heteroatoms. The molecule has 0 aliphatic carbocycles. The molecule has 0 nitrogen and oxygen atoms in total. The summed E-state index contributed by atoms with van der Waals surface area (Å²) in [6.07, 6.45) is 0. The molecule has 0 aliphatic heterocycles. The smallest absolute Gasteiger partial charge is 0 e. The Balaban J connectivity index is 0. The average molecular weight is 1270 g/mol. The second-order valence-electron chi connectivity index (χ2n) is 0. The first kappa shape index (κ1) is 80.6. The molecule has 0 aromatic carbocycles. The summed E-state index contributed by atoms with van der Waals surface area (Å²) in [5, 5.41) is 0. The summed E-state index contributed by atoms with van der Waals surface area (Å²) in [5.41, 5.74) is 0. The Morgan fingerprint density at radius 3 is 0.200 bits per heavy atom. The number of rotatable bonds is 0. The minimum absolute atomic E-state index is 0. The molecule has 0 fully saturated rings. The average Bonchev–Trinajstić information content (AvgIpc) is 0. The van der Waals surface area contributed by atoms with Crippen LogP contribution >= 0.6 is 0 Å². The molecular formula is Sn9Tl. The molecule has 0 N–H and O–H groups in total. The molecule has 0 heterocycles. The molecule has 0 saturated carbocycles. The molecule has 10 heavy (non-hydrogen) atoms. The maximum atomic E-state index is 0. The van der Waals surface area contributed by atoms with Crippen molar-refractivity contribution in [3.63, 3.8) is 0 Å². The van der Waals surface area contributed by atoms with Crippen LogP contribution in [0.2, 0.25) is 0 Å². The Labute approximate surface area is 235 Å². The molecule has 0 aromatic heterocycles. The maximum absolute atomic E-state index is 0. The third kappa shape index (κ3) is 55.9. The normalized spacial score (nSPS) is 0. The first-order chi connectivity index (χ1) is 0. The molecule has 0 atom stereocenters. The van der Waals surface area contributed by atoms with E-state index in [1.807, 2.05) is 0 Å². The van der Waals surface area contributed by atoms with Gasteiger partial charge in [0, 0.05) is 242 Å². The van der Waals surface area contributed by atoms with E-state index in [4.69, 9.17) is 0 Å². The Morgan fingerprint density at radius 2 is 0.200 bits per heavy atom. The predicted octanol–water partition coefficient (Wildman–Crippen LogP) is -3.81. The molecule has 0 aromatic rings. The van der Waals surface area contributed by atoms with Gasteiger partial charge in [0.2, 0.25) is 0 Å². The summed E-state index contributed by atoms with van der Waals surface area (Å²) in [7, 11) is 0. The molecule has 0 rings (SSSR count). The van der Waals surface area contributed by atoms with Gasteiger partial charge in [0.15, 0.2) is 0 Å². The Hall–Kier alpha value is 8.11. The largest absolute Gasteiger partial charge is 0 e. The molecule has 0 amide bonds. The van der Waals surface area contributed by atoms with E-state index in [1.54, 1.807) is 0 Å². The first-order valence-corrected chi connectivity index (χ1v) is 0. The third-order valence-electron chi connectivity index (χ3n) is 0. The summed E-state index contributed by atoms with van der Waals surface area (Å²) >= 11 is 0. The van der Waals surface area contributed by atoms with Gasteiger partial charge in [0.1, 0.15) is 0 Å². The van der Waals surface area contributed by atoms with Crippen LogP contribution in [0.1, 0.15) is 0 Å². The van der Waals surface area contributed by atoms with Gasteiger partial charge in [-0.1, -0.05) is 0 Å². The van der Waals surface area contributed by atoms with Gasteiger partial charge in [-0.2, -0.15) is 0 Å². The fraction of sp³-hybridized carbons (Fsp3) is 0. The maximum Gasteiger partial charge on any atom is 0 e. The number of hydrogen-bond acceptors (Lipinski definition) is 0. The molecule has 0 aliphatic rings. The van der Waals surface area contributed by atoms with E-state index in [2.05, 4.69) is 0 Å². The quantitative estimate of drug-likeness (QED) is 0.219.